The zero-order valence-corrected chi connectivity index (χ0v) is 20.1. The minimum Gasteiger partial charge on any atom is -0.399 e. The van der Waals surface area contributed by atoms with Crippen LogP contribution in [0.15, 0.2) is 35.1 Å². The SMILES string of the molecule is CC(=O)N1CC=C(c2cc3c(N[C@H](C)c4cc(N)cc(C(C)(F)F)c4)nc(C)nc3[nH]c2=O)CC1. The number of rotatable bonds is 5. The minimum absolute atomic E-state index is 0.0115. The molecule has 10 heteroatoms. The number of hydrogen-bond acceptors (Lipinski definition) is 6. The summed E-state index contributed by atoms with van der Waals surface area (Å²) in [4.78, 5) is 37.9. The standard InChI is InChI=1S/C25H28F2N6O2/c1-13(17-9-18(25(4,26)27)11-19(28)10-17)29-22-21-12-20(16-5-7-33(8-6-16)15(3)34)24(35)32-23(21)31-14(2)30-22/h5,9-13H,6-8,28H2,1-4H3,(H2,29,30,31,32,35)/t13-/m1/s1. The highest BCUT2D eigenvalue weighted by molar-refractivity contribution is 5.89. The fourth-order valence-corrected chi connectivity index (χ4v) is 4.21. The lowest BCUT2D eigenvalue weighted by molar-refractivity contribution is -0.128. The van der Waals surface area contributed by atoms with Crippen LogP contribution in [0.4, 0.5) is 20.3 Å². The smallest absolute Gasteiger partial charge is 0.270 e. The van der Waals surface area contributed by atoms with Crippen molar-refractivity contribution in [3.05, 3.63) is 63.2 Å². The van der Waals surface area contributed by atoms with Crippen LogP contribution in [0.25, 0.3) is 16.6 Å². The number of nitrogen functional groups attached to an aromatic ring is 1. The van der Waals surface area contributed by atoms with E-state index in [0.29, 0.717) is 53.3 Å². The van der Waals surface area contributed by atoms with E-state index in [9.17, 15) is 18.4 Å². The Hall–Kier alpha value is -3.82. The fourth-order valence-electron chi connectivity index (χ4n) is 4.21. The maximum Gasteiger partial charge on any atom is 0.270 e. The molecule has 184 valence electrons. The van der Waals surface area contributed by atoms with Gasteiger partial charge in [0.05, 0.1) is 11.4 Å². The summed E-state index contributed by atoms with van der Waals surface area (Å²) in [6.07, 6.45) is 2.43. The van der Waals surface area contributed by atoms with Crippen molar-refractivity contribution in [3.8, 4) is 0 Å². The molecule has 1 aromatic carbocycles. The van der Waals surface area contributed by atoms with Gasteiger partial charge in [0.15, 0.2) is 0 Å². The van der Waals surface area contributed by atoms with Crippen LogP contribution in [0, 0.1) is 6.92 Å². The summed E-state index contributed by atoms with van der Waals surface area (Å²) in [6, 6.07) is 5.66. The van der Waals surface area contributed by atoms with E-state index in [0.717, 1.165) is 12.5 Å². The molecule has 4 rings (SSSR count). The van der Waals surface area contributed by atoms with Gasteiger partial charge in [-0.15, -0.1) is 0 Å². The number of carbonyl (C=O) groups is 1. The molecule has 0 fully saturated rings. The number of H-pyrrole nitrogens is 1. The first kappa shape index (κ1) is 24.3. The Morgan fingerprint density at radius 3 is 2.63 bits per heavy atom. The molecule has 1 amide bonds. The Morgan fingerprint density at radius 1 is 1.26 bits per heavy atom. The maximum atomic E-state index is 13.9. The molecule has 0 bridgehead atoms. The molecule has 2 aromatic heterocycles. The third-order valence-electron chi connectivity index (χ3n) is 6.16. The molecule has 0 aliphatic carbocycles. The second-order valence-corrected chi connectivity index (χ2v) is 8.98. The average molecular weight is 483 g/mol. The van der Waals surface area contributed by atoms with E-state index >= 15 is 0 Å². The Balaban J connectivity index is 1.73. The third-order valence-corrected chi connectivity index (χ3v) is 6.16. The predicted octanol–water partition coefficient (Wildman–Crippen LogP) is 4.13. The number of aryl methyl sites for hydroxylation is 1. The fraction of sp³-hybridized carbons (Fsp3) is 0.360. The number of alkyl halides is 2. The second kappa shape index (κ2) is 9.09. The molecule has 0 radical (unpaired) electrons. The molecule has 1 aliphatic heterocycles. The molecule has 0 unspecified atom stereocenters. The van der Waals surface area contributed by atoms with Crippen molar-refractivity contribution in [2.45, 2.75) is 46.1 Å². The van der Waals surface area contributed by atoms with E-state index in [1.165, 1.54) is 19.1 Å². The average Bonchev–Trinajstić information content (AvgIpc) is 2.77. The number of carbonyl (C=O) groups excluding carboxylic acids is 1. The molecule has 8 nitrogen and oxygen atoms in total. The number of nitrogens with zero attached hydrogens (tertiary/aromatic N) is 3. The molecule has 3 aromatic rings. The molecule has 35 heavy (non-hydrogen) atoms. The summed E-state index contributed by atoms with van der Waals surface area (Å²) in [5.74, 6) is -2.13. The molecule has 0 saturated carbocycles. The van der Waals surface area contributed by atoms with Crippen molar-refractivity contribution < 1.29 is 13.6 Å². The van der Waals surface area contributed by atoms with E-state index < -0.39 is 12.0 Å². The van der Waals surface area contributed by atoms with Crippen LogP contribution in [-0.2, 0) is 10.7 Å². The Kier molecular flexibility index (Phi) is 6.31. The van der Waals surface area contributed by atoms with Crippen molar-refractivity contribution in [2.24, 2.45) is 0 Å². The number of benzene rings is 1. The first-order valence-electron chi connectivity index (χ1n) is 11.3. The lowest BCUT2D eigenvalue weighted by Crippen LogP contribution is -2.33. The van der Waals surface area contributed by atoms with Crippen LogP contribution in [-0.4, -0.2) is 38.8 Å². The van der Waals surface area contributed by atoms with Crippen molar-refractivity contribution in [1.29, 1.82) is 0 Å². The monoisotopic (exact) mass is 482 g/mol. The van der Waals surface area contributed by atoms with E-state index in [2.05, 4.69) is 20.3 Å². The number of aromatic nitrogens is 3. The summed E-state index contributed by atoms with van der Waals surface area (Å²) in [5, 5.41) is 3.87. The number of nitrogens with two attached hydrogens (primary N) is 1. The number of hydrogen-bond donors (Lipinski definition) is 3. The highest BCUT2D eigenvalue weighted by Crippen LogP contribution is 2.33. The van der Waals surface area contributed by atoms with Crippen molar-refractivity contribution in [3.63, 3.8) is 0 Å². The van der Waals surface area contributed by atoms with Crippen LogP contribution in [0.2, 0.25) is 0 Å². The van der Waals surface area contributed by atoms with E-state index in [1.807, 2.05) is 13.0 Å². The lowest BCUT2D eigenvalue weighted by Gasteiger charge is -2.25. The third kappa shape index (κ3) is 5.16. The van der Waals surface area contributed by atoms with Crippen molar-refractivity contribution in [2.75, 3.05) is 24.1 Å². The van der Waals surface area contributed by atoms with Gasteiger partial charge in [-0.2, -0.15) is 0 Å². The Labute approximate surface area is 201 Å². The molecule has 0 saturated heterocycles. The molecule has 3 heterocycles. The topological polar surface area (TPSA) is 117 Å². The number of halogens is 2. The van der Waals surface area contributed by atoms with E-state index in [-0.39, 0.29) is 22.7 Å². The van der Waals surface area contributed by atoms with Crippen LogP contribution < -0.4 is 16.6 Å². The van der Waals surface area contributed by atoms with Crippen LogP contribution in [0.5, 0.6) is 0 Å². The van der Waals surface area contributed by atoms with Gasteiger partial charge in [0, 0.05) is 43.8 Å². The van der Waals surface area contributed by atoms with Crippen molar-refractivity contribution in [1.82, 2.24) is 19.9 Å². The number of nitrogens with one attached hydrogen (secondary N) is 2. The van der Waals surface area contributed by atoms with Gasteiger partial charge in [0.25, 0.3) is 11.5 Å². The Morgan fingerprint density at radius 2 is 2.00 bits per heavy atom. The molecular formula is C25H28F2N6O2. The summed E-state index contributed by atoms with van der Waals surface area (Å²) in [6.45, 7) is 6.85. The van der Waals surface area contributed by atoms with Gasteiger partial charge in [0.1, 0.15) is 17.3 Å². The summed E-state index contributed by atoms with van der Waals surface area (Å²) in [5.41, 5.74) is 7.97. The number of amides is 1. The van der Waals surface area contributed by atoms with E-state index in [1.54, 1.807) is 24.0 Å². The zero-order valence-electron chi connectivity index (χ0n) is 20.1. The van der Waals surface area contributed by atoms with Gasteiger partial charge < -0.3 is 20.9 Å². The lowest BCUT2D eigenvalue weighted by atomic mass is 9.99. The van der Waals surface area contributed by atoms with Gasteiger partial charge in [-0.1, -0.05) is 6.08 Å². The number of fused-ring (bicyclic) bond motifs is 1. The molecular weight excluding hydrogens is 454 g/mol. The molecule has 1 aliphatic rings. The highest BCUT2D eigenvalue weighted by Gasteiger charge is 2.26. The van der Waals surface area contributed by atoms with Gasteiger partial charge in [-0.05, 0) is 55.7 Å². The zero-order chi connectivity index (χ0) is 25.5. The quantitative estimate of drug-likeness (QED) is 0.471. The van der Waals surface area contributed by atoms with Crippen LogP contribution >= 0.6 is 0 Å². The first-order valence-corrected chi connectivity index (χ1v) is 11.3. The predicted molar refractivity (Wildman–Crippen MR) is 132 cm³/mol. The highest BCUT2D eigenvalue weighted by atomic mass is 19.3. The molecule has 0 spiro atoms. The summed E-state index contributed by atoms with van der Waals surface area (Å²) >= 11 is 0. The largest absolute Gasteiger partial charge is 0.399 e. The van der Waals surface area contributed by atoms with Crippen LogP contribution in [0.3, 0.4) is 0 Å². The minimum atomic E-state index is -3.03. The molecule has 1 atom stereocenters. The van der Waals surface area contributed by atoms with E-state index in [4.69, 9.17) is 5.73 Å². The van der Waals surface area contributed by atoms with Crippen molar-refractivity contribution >= 4 is 34.0 Å². The van der Waals surface area contributed by atoms with Gasteiger partial charge in [-0.3, -0.25) is 9.59 Å². The maximum absolute atomic E-state index is 13.9. The number of anilines is 2. The number of pyridine rings is 1. The number of aromatic amines is 1. The molecule has 4 N–H and O–H groups in total. The van der Waals surface area contributed by atoms with Gasteiger partial charge in [0.2, 0.25) is 5.91 Å². The first-order chi connectivity index (χ1) is 16.4. The summed E-state index contributed by atoms with van der Waals surface area (Å²) < 4.78 is 27.9. The van der Waals surface area contributed by atoms with Gasteiger partial charge >= 0.3 is 0 Å². The van der Waals surface area contributed by atoms with Crippen LogP contribution in [0.1, 0.15) is 55.7 Å². The summed E-state index contributed by atoms with van der Waals surface area (Å²) in [7, 11) is 0. The van der Waals surface area contributed by atoms with Gasteiger partial charge in [-0.25, -0.2) is 18.7 Å². The second-order valence-electron chi connectivity index (χ2n) is 8.98. The normalized spacial score (nSPS) is 15.1. The Bertz CT molecular complexity index is 1390.